The molecule has 0 unspecified atom stereocenters. The van der Waals surface area contributed by atoms with Gasteiger partial charge < -0.3 is 4.74 Å². The predicted octanol–water partition coefficient (Wildman–Crippen LogP) is 0.920. The highest BCUT2D eigenvalue weighted by molar-refractivity contribution is 7.16. The Balaban J connectivity index is 1.81. The molecule has 8 nitrogen and oxygen atoms in total. The molecule has 0 saturated heterocycles. The van der Waals surface area contributed by atoms with E-state index in [1.807, 2.05) is 0 Å². The molecule has 3 aromatic heterocycles. The third-order valence-corrected chi connectivity index (χ3v) is 4.10. The van der Waals surface area contributed by atoms with Crippen LogP contribution in [-0.4, -0.2) is 39.6 Å². The van der Waals surface area contributed by atoms with Crippen molar-refractivity contribution in [3.63, 3.8) is 0 Å². The van der Waals surface area contributed by atoms with Crippen LogP contribution in [0.1, 0.15) is 0 Å². The minimum atomic E-state index is -0.325. The second-order valence-electron chi connectivity index (χ2n) is 4.69. The van der Waals surface area contributed by atoms with Gasteiger partial charge in [-0.15, -0.1) is 11.3 Å². The number of aromatic nitrogens is 4. The summed E-state index contributed by atoms with van der Waals surface area (Å²) in [6.45, 7) is -0.135. The number of methoxy groups -OCH3 is 1. The maximum absolute atomic E-state index is 12.3. The van der Waals surface area contributed by atoms with Crippen molar-refractivity contribution in [1.29, 1.82) is 0 Å². The molecule has 1 amide bonds. The highest BCUT2D eigenvalue weighted by Gasteiger charge is 2.16. The smallest absolute Gasteiger partial charge is 0.262 e. The molecule has 0 saturated carbocycles. The van der Waals surface area contributed by atoms with Crippen LogP contribution in [0.4, 0.5) is 5.95 Å². The average molecular weight is 331 g/mol. The number of carbonyl (C=O) groups is 1. The van der Waals surface area contributed by atoms with E-state index < -0.39 is 0 Å². The Morgan fingerprint density at radius 1 is 1.35 bits per heavy atom. The van der Waals surface area contributed by atoms with E-state index in [0.29, 0.717) is 16.0 Å². The van der Waals surface area contributed by atoms with Gasteiger partial charge in [0.1, 0.15) is 11.4 Å². The third-order valence-electron chi connectivity index (χ3n) is 3.28. The molecule has 0 aliphatic carbocycles. The molecule has 3 heterocycles. The van der Waals surface area contributed by atoms with Gasteiger partial charge in [-0.3, -0.25) is 19.1 Å². The summed E-state index contributed by atoms with van der Waals surface area (Å²) in [5, 5.41) is 2.30. The molecular formula is C14H13N5O3S. The number of likely N-dealkylation sites (N-methyl/N-ethyl adjacent to an activating group) is 1. The molecular weight excluding hydrogens is 318 g/mol. The van der Waals surface area contributed by atoms with E-state index in [9.17, 15) is 9.59 Å². The van der Waals surface area contributed by atoms with Crippen LogP contribution in [0.5, 0.6) is 5.75 Å². The number of fused-ring (bicyclic) bond motifs is 1. The fourth-order valence-electron chi connectivity index (χ4n) is 1.96. The standard InChI is InChI=1S/C14H13N5O3S/c1-18(14-15-5-9(22-2)6-16-14)11(20)7-19-8-17-12-10(13(19)21)3-4-23-12/h3-6,8H,7H2,1-2H3. The van der Waals surface area contributed by atoms with Crippen molar-refractivity contribution in [2.75, 3.05) is 19.1 Å². The van der Waals surface area contributed by atoms with Gasteiger partial charge in [-0.25, -0.2) is 15.0 Å². The number of carbonyl (C=O) groups excluding carboxylic acids is 1. The Kier molecular flexibility index (Phi) is 4.02. The number of amides is 1. The van der Waals surface area contributed by atoms with Crippen molar-refractivity contribution in [3.05, 3.63) is 40.5 Å². The van der Waals surface area contributed by atoms with Crippen molar-refractivity contribution in [1.82, 2.24) is 19.5 Å². The van der Waals surface area contributed by atoms with E-state index in [0.717, 1.165) is 0 Å². The van der Waals surface area contributed by atoms with Crippen LogP contribution in [0.25, 0.3) is 10.2 Å². The van der Waals surface area contributed by atoms with Crippen LogP contribution in [0.2, 0.25) is 0 Å². The molecule has 9 heteroatoms. The first kappa shape index (κ1) is 15.1. The lowest BCUT2D eigenvalue weighted by Gasteiger charge is -2.15. The van der Waals surface area contributed by atoms with Crippen molar-refractivity contribution < 1.29 is 9.53 Å². The Hall–Kier alpha value is -2.81. The van der Waals surface area contributed by atoms with Gasteiger partial charge in [-0.05, 0) is 11.4 Å². The minimum absolute atomic E-state index is 0.135. The summed E-state index contributed by atoms with van der Waals surface area (Å²) in [5.74, 6) is 0.403. The molecule has 0 bridgehead atoms. The van der Waals surface area contributed by atoms with E-state index in [4.69, 9.17) is 4.74 Å². The largest absolute Gasteiger partial charge is 0.494 e. The first-order valence-electron chi connectivity index (χ1n) is 6.65. The molecule has 0 aliphatic rings. The molecule has 3 rings (SSSR count). The molecule has 23 heavy (non-hydrogen) atoms. The zero-order valence-corrected chi connectivity index (χ0v) is 13.3. The second kappa shape index (κ2) is 6.13. The van der Waals surface area contributed by atoms with Crippen molar-refractivity contribution in [3.8, 4) is 5.75 Å². The van der Waals surface area contributed by atoms with Crippen LogP contribution in [0.15, 0.2) is 35.0 Å². The number of hydrogen-bond donors (Lipinski definition) is 0. The van der Waals surface area contributed by atoms with E-state index in [2.05, 4.69) is 15.0 Å². The molecule has 0 aliphatic heterocycles. The van der Waals surface area contributed by atoms with Gasteiger partial charge in [-0.1, -0.05) is 0 Å². The van der Waals surface area contributed by atoms with Crippen molar-refractivity contribution in [2.45, 2.75) is 6.54 Å². The monoisotopic (exact) mass is 331 g/mol. The summed E-state index contributed by atoms with van der Waals surface area (Å²) >= 11 is 1.38. The highest BCUT2D eigenvalue weighted by Crippen LogP contribution is 2.14. The quantitative estimate of drug-likeness (QED) is 0.706. The maximum Gasteiger partial charge on any atom is 0.262 e. The van der Waals surface area contributed by atoms with Crippen LogP contribution in [0.3, 0.4) is 0 Å². The SMILES string of the molecule is COc1cnc(N(C)C(=O)Cn2cnc3sccc3c2=O)nc1. The van der Waals surface area contributed by atoms with E-state index in [-0.39, 0.29) is 24.0 Å². The third kappa shape index (κ3) is 2.90. The van der Waals surface area contributed by atoms with Gasteiger partial charge >= 0.3 is 0 Å². The topological polar surface area (TPSA) is 90.2 Å². The molecule has 0 spiro atoms. The Bertz CT molecular complexity index is 903. The normalized spacial score (nSPS) is 10.7. The highest BCUT2D eigenvalue weighted by atomic mass is 32.1. The lowest BCUT2D eigenvalue weighted by atomic mass is 10.4. The number of anilines is 1. The van der Waals surface area contributed by atoms with Gasteiger partial charge in [0.2, 0.25) is 11.9 Å². The van der Waals surface area contributed by atoms with Crippen LogP contribution in [-0.2, 0) is 11.3 Å². The number of rotatable bonds is 4. The summed E-state index contributed by atoms with van der Waals surface area (Å²) in [6, 6.07) is 1.70. The van der Waals surface area contributed by atoms with Crippen LogP contribution < -0.4 is 15.2 Å². The van der Waals surface area contributed by atoms with Gasteiger partial charge in [0.25, 0.3) is 5.56 Å². The second-order valence-corrected chi connectivity index (χ2v) is 5.59. The Morgan fingerprint density at radius 2 is 2.09 bits per heavy atom. The summed E-state index contributed by atoms with van der Waals surface area (Å²) < 4.78 is 6.25. The zero-order valence-electron chi connectivity index (χ0n) is 12.5. The van der Waals surface area contributed by atoms with Gasteiger partial charge in [-0.2, -0.15) is 0 Å². The fourth-order valence-corrected chi connectivity index (χ4v) is 2.68. The fraction of sp³-hybridized carbons (Fsp3) is 0.214. The number of nitrogens with zero attached hydrogens (tertiary/aromatic N) is 5. The minimum Gasteiger partial charge on any atom is -0.494 e. The zero-order chi connectivity index (χ0) is 16.4. The lowest BCUT2D eigenvalue weighted by Crippen LogP contribution is -2.34. The Morgan fingerprint density at radius 3 is 2.78 bits per heavy atom. The summed E-state index contributed by atoms with van der Waals surface area (Å²) in [4.78, 5) is 38.8. The van der Waals surface area contributed by atoms with E-state index in [1.54, 1.807) is 18.5 Å². The first-order chi connectivity index (χ1) is 11.1. The molecule has 0 fully saturated rings. The van der Waals surface area contributed by atoms with E-state index >= 15 is 0 Å². The lowest BCUT2D eigenvalue weighted by molar-refractivity contribution is -0.119. The molecule has 0 radical (unpaired) electrons. The predicted molar refractivity (Wildman–Crippen MR) is 85.9 cm³/mol. The number of hydrogen-bond acceptors (Lipinski definition) is 7. The molecule has 0 aromatic carbocycles. The van der Waals surface area contributed by atoms with E-state index in [1.165, 1.54) is 46.6 Å². The number of ether oxygens (including phenoxy) is 1. The maximum atomic E-state index is 12.3. The van der Waals surface area contributed by atoms with Crippen LogP contribution in [0, 0.1) is 0 Å². The van der Waals surface area contributed by atoms with Crippen LogP contribution >= 0.6 is 11.3 Å². The summed E-state index contributed by atoms with van der Waals surface area (Å²) in [5.41, 5.74) is -0.242. The van der Waals surface area contributed by atoms with Crippen molar-refractivity contribution in [2.24, 2.45) is 0 Å². The average Bonchev–Trinajstić information content (AvgIpc) is 3.06. The molecule has 118 valence electrons. The van der Waals surface area contributed by atoms with Gasteiger partial charge in [0, 0.05) is 7.05 Å². The summed E-state index contributed by atoms with van der Waals surface area (Å²) in [7, 11) is 3.05. The van der Waals surface area contributed by atoms with Gasteiger partial charge in [0.05, 0.1) is 31.2 Å². The number of thiophene rings is 1. The molecule has 3 aromatic rings. The summed E-state index contributed by atoms with van der Waals surface area (Å²) in [6.07, 6.45) is 4.32. The van der Waals surface area contributed by atoms with Gasteiger partial charge in [0.15, 0.2) is 5.75 Å². The first-order valence-corrected chi connectivity index (χ1v) is 7.53. The van der Waals surface area contributed by atoms with Crippen molar-refractivity contribution >= 4 is 33.4 Å². The Labute approximate surface area is 135 Å². The molecule has 0 N–H and O–H groups in total. The molecule has 0 atom stereocenters.